The summed E-state index contributed by atoms with van der Waals surface area (Å²) in [5, 5.41) is 17.9. The Morgan fingerprint density at radius 3 is 1.84 bits per heavy atom. The number of nitrogens with two attached hydrogens (primary N) is 1. The second kappa shape index (κ2) is 30.1. The summed E-state index contributed by atoms with van der Waals surface area (Å²) in [5.74, 6) is -8.02. The standard InChI is InChI=1S/C60H97BN6O14/c1-18-24-46(61-80-59(14,15)60(16,17)81-61)66-54(79-58(11,12)13)45(33-37(2)3)67(47(68)30-32-49(71)77-56(5,6)7)55(76)44(34-39-26-20-19-21-27-39)65-53(75)43(35-40-28-23-22-25-38(40)4)64-52(74)42(29-31-48(69)70)63-51(73)41(62)36-50(72)78-57(8,9)10/h18,22-23,25,28,37,39,41-46H,1,19-21,24,26-27,29-36,62H2,2-17H3,(H,63,73)(H,64,74)(H,65,75)(H,69,70)/t41-,42-,43-,44-,45-,46?/m0/s1. The van der Waals surface area contributed by atoms with Gasteiger partial charge in [0.1, 0.15) is 41.0 Å². The first-order chi connectivity index (χ1) is 37.3. The number of hydrogen-bond acceptors (Lipinski definition) is 15. The molecular weight excluding hydrogens is 1040 g/mol. The second-order valence-corrected chi connectivity index (χ2v) is 26.1. The van der Waals surface area contributed by atoms with E-state index in [2.05, 4.69) is 22.5 Å². The van der Waals surface area contributed by atoms with Crippen LogP contribution in [0.25, 0.3) is 0 Å². The molecule has 21 heteroatoms. The van der Waals surface area contributed by atoms with Gasteiger partial charge in [0, 0.05) is 19.3 Å². The van der Waals surface area contributed by atoms with E-state index in [9.17, 15) is 29.1 Å². The number of carboxylic acid groups (broad SMARTS) is 1. The Bertz CT molecular complexity index is 2360. The van der Waals surface area contributed by atoms with Crippen molar-refractivity contribution in [3.8, 4) is 0 Å². The molecule has 2 fully saturated rings. The van der Waals surface area contributed by atoms with Crippen LogP contribution < -0.4 is 21.7 Å². The summed E-state index contributed by atoms with van der Waals surface area (Å²) in [6.45, 7) is 32.8. The van der Waals surface area contributed by atoms with Crippen LogP contribution in [0.2, 0.25) is 0 Å². The molecule has 1 saturated carbocycles. The van der Waals surface area contributed by atoms with Gasteiger partial charge in [-0.05, 0) is 146 Å². The van der Waals surface area contributed by atoms with Crippen LogP contribution >= 0.6 is 0 Å². The zero-order valence-corrected chi connectivity index (χ0v) is 51.4. The topological polar surface area (TPSA) is 281 Å². The molecule has 2 aliphatic rings. The Labute approximate surface area is 482 Å². The van der Waals surface area contributed by atoms with Crippen LogP contribution in [0, 0.1) is 18.8 Å². The maximum absolute atomic E-state index is 16.1. The number of rotatable bonds is 27. The Balaban J connectivity index is 2.31. The fourth-order valence-electron chi connectivity index (χ4n) is 9.46. The number of nitrogens with zero attached hydrogens (tertiary/aromatic N) is 2. The maximum Gasteiger partial charge on any atom is 0.484 e. The Morgan fingerprint density at radius 2 is 1.31 bits per heavy atom. The van der Waals surface area contributed by atoms with Crippen molar-refractivity contribution in [2.24, 2.45) is 22.6 Å². The molecule has 0 bridgehead atoms. The van der Waals surface area contributed by atoms with E-state index in [4.69, 9.17) is 34.2 Å². The lowest BCUT2D eigenvalue weighted by atomic mass is 9.76. The van der Waals surface area contributed by atoms with E-state index >= 15 is 14.4 Å². The number of esters is 2. The van der Waals surface area contributed by atoms with Gasteiger partial charge in [-0.3, -0.25) is 48.2 Å². The molecule has 1 aromatic rings. The molecule has 1 aromatic carbocycles. The lowest BCUT2D eigenvalue weighted by Crippen LogP contribution is -2.61. The summed E-state index contributed by atoms with van der Waals surface area (Å²) in [6.07, 6.45) is 3.78. The molecule has 0 aromatic heterocycles. The highest BCUT2D eigenvalue weighted by Gasteiger charge is 2.54. The molecular formula is C60H97BN6O14. The van der Waals surface area contributed by atoms with Crippen LogP contribution in [0.5, 0.6) is 0 Å². The number of benzene rings is 1. The summed E-state index contributed by atoms with van der Waals surface area (Å²) >= 11 is 0. The summed E-state index contributed by atoms with van der Waals surface area (Å²) in [5.41, 5.74) is 3.33. The number of nitrogens with one attached hydrogen (secondary N) is 3. The van der Waals surface area contributed by atoms with E-state index in [1.165, 1.54) is 0 Å². The van der Waals surface area contributed by atoms with Crippen molar-refractivity contribution in [1.82, 2.24) is 20.9 Å². The summed E-state index contributed by atoms with van der Waals surface area (Å²) in [6, 6.07) is 0.0450. The molecule has 6 N–H and O–H groups in total. The van der Waals surface area contributed by atoms with Gasteiger partial charge in [-0.25, -0.2) is 0 Å². The molecule has 1 heterocycles. The SMILES string of the molecule is C=CCC(N=C(OC(C)(C)C)[C@H](CC(C)C)N(C(=O)CCC(=O)OC(C)(C)C)C(=O)[C@H](CC1CCCCC1)NC(=O)[C@H](Cc1ccccc1C)NC(=O)[C@H](CCC(=O)O)NC(=O)[C@@H](N)CC(=O)OC(C)(C)C)B1OC(C)(C)C(C)(C)O1. The lowest BCUT2D eigenvalue weighted by molar-refractivity contribution is -0.158. The minimum atomic E-state index is -1.55. The first-order valence-electron chi connectivity index (χ1n) is 28.8. The number of carbonyl (C=O) groups is 8. The highest BCUT2D eigenvalue weighted by molar-refractivity contribution is 6.48. The van der Waals surface area contributed by atoms with Crippen molar-refractivity contribution in [1.29, 1.82) is 0 Å². The Hall–Kier alpha value is -5.67. The van der Waals surface area contributed by atoms with Crippen LogP contribution in [-0.4, -0.2) is 135 Å². The van der Waals surface area contributed by atoms with Gasteiger partial charge in [-0.15, -0.1) is 6.58 Å². The van der Waals surface area contributed by atoms with Gasteiger partial charge < -0.3 is 50.3 Å². The van der Waals surface area contributed by atoms with Gasteiger partial charge in [0.05, 0.1) is 36.0 Å². The van der Waals surface area contributed by atoms with E-state index in [1.807, 2.05) is 75.3 Å². The van der Waals surface area contributed by atoms with Gasteiger partial charge >= 0.3 is 25.0 Å². The van der Waals surface area contributed by atoms with Crippen molar-refractivity contribution >= 4 is 60.5 Å². The van der Waals surface area contributed by atoms with Crippen molar-refractivity contribution in [3.63, 3.8) is 0 Å². The van der Waals surface area contributed by atoms with Crippen LogP contribution in [0.1, 0.15) is 198 Å². The van der Waals surface area contributed by atoms with Gasteiger partial charge in [0.2, 0.25) is 29.5 Å². The van der Waals surface area contributed by atoms with Gasteiger partial charge in [0.15, 0.2) is 0 Å². The second-order valence-electron chi connectivity index (χ2n) is 26.1. The predicted octanol–water partition coefficient (Wildman–Crippen LogP) is 7.57. The zero-order valence-electron chi connectivity index (χ0n) is 51.4. The van der Waals surface area contributed by atoms with Crippen LogP contribution in [-0.2, 0) is 68.3 Å². The number of aliphatic imine (C=N–C) groups is 1. The average molecular weight is 1140 g/mol. The van der Waals surface area contributed by atoms with E-state index in [1.54, 1.807) is 65.8 Å². The Morgan fingerprint density at radius 1 is 0.778 bits per heavy atom. The maximum atomic E-state index is 16.1. The molecule has 454 valence electrons. The minimum absolute atomic E-state index is 0.0180. The quantitative estimate of drug-likeness (QED) is 0.0187. The first kappa shape index (κ1) is 69.6. The van der Waals surface area contributed by atoms with Crippen molar-refractivity contribution in [2.75, 3.05) is 0 Å². The first-order valence-corrected chi connectivity index (χ1v) is 28.8. The molecule has 20 nitrogen and oxygen atoms in total. The molecule has 3 rings (SSSR count). The van der Waals surface area contributed by atoms with Crippen LogP contribution in [0.15, 0.2) is 41.9 Å². The number of ether oxygens (including phenoxy) is 3. The number of aryl methyl sites for hydroxylation is 1. The zero-order chi connectivity index (χ0) is 61.4. The van der Waals surface area contributed by atoms with E-state index in [0.29, 0.717) is 5.56 Å². The number of carboxylic acids is 1. The molecule has 1 unspecified atom stereocenters. The summed E-state index contributed by atoms with van der Waals surface area (Å²) in [4.78, 5) is 119. The monoisotopic (exact) mass is 1140 g/mol. The van der Waals surface area contributed by atoms with Crippen molar-refractivity contribution < 1.29 is 67.0 Å². The molecule has 0 spiro atoms. The van der Waals surface area contributed by atoms with Crippen LogP contribution in [0.4, 0.5) is 0 Å². The number of aliphatic carboxylic acids is 1. The highest BCUT2D eigenvalue weighted by atomic mass is 16.7. The van der Waals surface area contributed by atoms with Crippen LogP contribution in [0.3, 0.4) is 0 Å². The minimum Gasteiger partial charge on any atom is -0.481 e. The molecule has 6 atom stereocenters. The highest BCUT2D eigenvalue weighted by Crippen LogP contribution is 2.39. The fourth-order valence-corrected chi connectivity index (χ4v) is 9.46. The van der Waals surface area contributed by atoms with Gasteiger partial charge in [0.25, 0.3) is 5.91 Å². The fraction of sp³-hybridized carbons (Fsp3) is 0.717. The molecule has 1 aliphatic heterocycles. The third kappa shape index (κ3) is 23.6. The average Bonchev–Trinajstić information content (AvgIpc) is 3.55. The summed E-state index contributed by atoms with van der Waals surface area (Å²) in [7, 11) is -0.900. The lowest BCUT2D eigenvalue weighted by Gasteiger charge is -2.38. The van der Waals surface area contributed by atoms with E-state index in [0.717, 1.165) is 42.6 Å². The smallest absolute Gasteiger partial charge is 0.481 e. The van der Waals surface area contributed by atoms with Crippen molar-refractivity contribution in [3.05, 3.63) is 48.0 Å². The molecule has 1 aliphatic carbocycles. The predicted molar refractivity (Wildman–Crippen MR) is 310 cm³/mol. The number of hydrogen-bond donors (Lipinski definition) is 5. The number of imide groups is 1. The third-order valence-electron chi connectivity index (χ3n) is 14.1. The largest absolute Gasteiger partial charge is 0.484 e. The molecule has 0 radical (unpaired) electrons. The molecule has 5 amide bonds. The Kier molecular flexibility index (Phi) is 25.8. The molecule has 1 saturated heterocycles. The van der Waals surface area contributed by atoms with Gasteiger partial charge in [-0.2, -0.15) is 0 Å². The van der Waals surface area contributed by atoms with Gasteiger partial charge in [-0.1, -0.05) is 76.3 Å². The summed E-state index contributed by atoms with van der Waals surface area (Å²) < 4.78 is 30.7. The normalized spacial score (nSPS) is 18.0. The van der Waals surface area contributed by atoms with E-state index in [-0.39, 0.29) is 49.8 Å². The molecule has 81 heavy (non-hydrogen) atoms. The van der Waals surface area contributed by atoms with E-state index < -0.39 is 144 Å². The number of carbonyl (C=O) groups excluding carboxylic acids is 7. The van der Waals surface area contributed by atoms with Crippen molar-refractivity contribution in [2.45, 2.75) is 265 Å². The number of amides is 5. The third-order valence-corrected chi connectivity index (χ3v) is 14.1.